The van der Waals surface area contributed by atoms with Crippen LogP contribution in [0.4, 0.5) is 0 Å². The van der Waals surface area contributed by atoms with E-state index in [1.54, 1.807) is 42.5 Å². The molecule has 5 nitrogen and oxygen atoms in total. The van der Waals surface area contributed by atoms with Crippen molar-refractivity contribution in [2.24, 2.45) is 0 Å². The number of para-hydroxylation sites is 1. The van der Waals surface area contributed by atoms with Gasteiger partial charge >= 0.3 is 0 Å². The Morgan fingerprint density at radius 2 is 1.73 bits per heavy atom. The number of aromatic hydroxyl groups is 1. The molecule has 0 aromatic heterocycles. The van der Waals surface area contributed by atoms with Crippen LogP contribution in [0.3, 0.4) is 0 Å². The Morgan fingerprint density at radius 3 is 2.35 bits per heavy atom. The van der Waals surface area contributed by atoms with E-state index in [-0.39, 0.29) is 17.1 Å². The first-order valence-electron chi connectivity index (χ1n) is 7.99. The van der Waals surface area contributed by atoms with Crippen LogP contribution in [0.1, 0.15) is 21.5 Å². The van der Waals surface area contributed by atoms with E-state index in [1.807, 2.05) is 0 Å². The molecule has 0 amide bonds. The zero-order valence-corrected chi connectivity index (χ0v) is 15.1. The van der Waals surface area contributed by atoms with Gasteiger partial charge in [-0.2, -0.15) is 0 Å². The van der Waals surface area contributed by atoms with Crippen LogP contribution < -0.4 is 14.2 Å². The van der Waals surface area contributed by atoms with E-state index in [0.29, 0.717) is 34.8 Å². The summed E-state index contributed by atoms with van der Waals surface area (Å²) in [5.74, 6) is 1.25. The number of carbonyl (C=O) groups is 1. The monoisotopic (exact) mass is 354 g/mol. The van der Waals surface area contributed by atoms with Crippen LogP contribution in [0.5, 0.6) is 23.0 Å². The molecular weight excluding hydrogens is 332 g/mol. The molecule has 0 heterocycles. The van der Waals surface area contributed by atoms with Gasteiger partial charge in [-0.1, -0.05) is 18.2 Å². The Labute approximate surface area is 153 Å². The van der Waals surface area contributed by atoms with Gasteiger partial charge in [-0.15, -0.1) is 6.58 Å². The van der Waals surface area contributed by atoms with E-state index in [0.717, 1.165) is 0 Å². The van der Waals surface area contributed by atoms with Crippen molar-refractivity contribution in [3.8, 4) is 23.0 Å². The highest BCUT2D eigenvalue weighted by molar-refractivity contribution is 6.09. The van der Waals surface area contributed by atoms with Crippen LogP contribution >= 0.6 is 0 Å². The third-order valence-electron chi connectivity index (χ3n) is 3.90. The fraction of sp³-hybridized carbons (Fsp3) is 0.190. The summed E-state index contributed by atoms with van der Waals surface area (Å²) in [7, 11) is 4.60. The van der Waals surface area contributed by atoms with E-state index in [4.69, 9.17) is 14.2 Å². The first kappa shape index (κ1) is 19.1. The fourth-order valence-corrected chi connectivity index (χ4v) is 2.55. The first-order valence-corrected chi connectivity index (χ1v) is 7.99. The first-order chi connectivity index (χ1) is 12.5. The normalized spacial score (nSPS) is 10.6. The van der Waals surface area contributed by atoms with Crippen LogP contribution in [0.2, 0.25) is 0 Å². The minimum Gasteiger partial charge on any atom is -0.507 e. The van der Waals surface area contributed by atoms with Gasteiger partial charge in [0, 0.05) is 11.6 Å². The molecule has 0 atom stereocenters. The molecule has 0 aliphatic carbocycles. The lowest BCUT2D eigenvalue weighted by molar-refractivity contribution is 0.104. The number of ether oxygens (including phenoxy) is 3. The van der Waals surface area contributed by atoms with E-state index in [9.17, 15) is 9.90 Å². The molecule has 0 saturated heterocycles. The molecule has 0 radical (unpaired) electrons. The number of phenolic OH excluding ortho intramolecular Hbond substituents is 1. The second-order valence-corrected chi connectivity index (χ2v) is 5.45. The predicted octanol–water partition coefficient (Wildman–Crippen LogP) is 4.04. The number of methoxy groups -OCH3 is 3. The Balaban J connectivity index is 2.36. The van der Waals surface area contributed by atoms with Gasteiger partial charge in [-0.05, 0) is 36.3 Å². The maximum Gasteiger partial charge on any atom is 0.189 e. The molecule has 0 spiro atoms. The van der Waals surface area contributed by atoms with Gasteiger partial charge in [0.1, 0.15) is 11.5 Å². The van der Waals surface area contributed by atoms with Gasteiger partial charge in [0.05, 0.1) is 26.9 Å². The summed E-state index contributed by atoms with van der Waals surface area (Å²) in [6.07, 6.45) is 5.16. The zero-order chi connectivity index (χ0) is 19.1. The van der Waals surface area contributed by atoms with Crippen molar-refractivity contribution in [3.63, 3.8) is 0 Å². The molecule has 2 aromatic carbocycles. The van der Waals surface area contributed by atoms with E-state index in [1.165, 1.54) is 27.4 Å². The van der Waals surface area contributed by atoms with Crippen molar-refractivity contribution in [1.82, 2.24) is 0 Å². The minimum absolute atomic E-state index is 0.0265. The molecule has 0 unspecified atom stereocenters. The standard InChI is InChI=1S/C21H22O5/c1-5-7-14-8-6-9-16(21(14)23)17(22)11-10-15-12-19(25-3)20(26-4)13-18(15)24-2/h5-6,8-13,23H,1,7H2,2-4H3/b11-10+. The SMILES string of the molecule is C=CCc1cccc(C(=O)/C=C/c2cc(OC)c(OC)cc2OC)c1O. The average molecular weight is 354 g/mol. The molecule has 136 valence electrons. The predicted molar refractivity (Wildman–Crippen MR) is 101 cm³/mol. The smallest absolute Gasteiger partial charge is 0.189 e. The summed E-state index contributed by atoms with van der Waals surface area (Å²) in [5, 5.41) is 10.3. The largest absolute Gasteiger partial charge is 0.507 e. The Morgan fingerprint density at radius 1 is 1.08 bits per heavy atom. The number of hydrogen-bond acceptors (Lipinski definition) is 5. The van der Waals surface area contributed by atoms with Crippen molar-refractivity contribution in [3.05, 3.63) is 65.8 Å². The maximum atomic E-state index is 12.5. The summed E-state index contributed by atoms with van der Waals surface area (Å²) in [5.41, 5.74) is 1.54. The molecule has 0 bridgehead atoms. The summed E-state index contributed by atoms with van der Waals surface area (Å²) in [6.45, 7) is 3.65. The number of ketones is 1. The van der Waals surface area contributed by atoms with Crippen molar-refractivity contribution < 1.29 is 24.1 Å². The number of benzene rings is 2. The Hall–Kier alpha value is -3.21. The molecule has 5 heteroatoms. The van der Waals surface area contributed by atoms with Crippen LogP contribution in [-0.4, -0.2) is 32.2 Å². The highest BCUT2D eigenvalue weighted by Crippen LogP contribution is 2.35. The highest BCUT2D eigenvalue weighted by atomic mass is 16.5. The van der Waals surface area contributed by atoms with Crippen LogP contribution in [0.25, 0.3) is 6.08 Å². The summed E-state index contributed by atoms with van der Waals surface area (Å²) in [6, 6.07) is 8.48. The van der Waals surface area contributed by atoms with Crippen molar-refractivity contribution >= 4 is 11.9 Å². The molecule has 0 saturated carbocycles. The summed E-state index contributed by atoms with van der Waals surface area (Å²) < 4.78 is 15.9. The quantitative estimate of drug-likeness (QED) is 0.440. The molecule has 2 aromatic rings. The van der Waals surface area contributed by atoms with Gasteiger partial charge in [0.25, 0.3) is 0 Å². The van der Waals surface area contributed by atoms with Crippen molar-refractivity contribution in [2.75, 3.05) is 21.3 Å². The van der Waals surface area contributed by atoms with Crippen LogP contribution in [0.15, 0.2) is 49.1 Å². The average Bonchev–Trinajstić information content (AvgIpc) is 2.67. The van der Waals surface area contributed by atoms with Crippen LogP contribution in [-0.2, 0) is 6.42 Å². The lowest BCUT2D eigenvalue weighted by Crippen LogP contribution is -1.98. The number of phenols is 1. The van der Waals surface area contributed by atoms with Crippen LogP contribution in [0, 0.1) is 0 Å². The van der Waals surface area contributed by atoms with Crippen molar-refractivity contribution in [2.45, 2.75) is 6.42 Å². The molecular formula is C21H22O5. The van der Waals surface area contributed by atoms with E-state index >= 15 is 0 Å². The molecule has 1 N–H and O–H groups in total. The zero-order valence-electron chi connectivity index (χ0n) is 15.1. The van der Waals surface area contributed by atoms with E-state index < -0.39 is 0 Å². The second kappa shape index (κ2) is 8.76. The number of rotatable bonds is 8. The molecule has 26 heavy (non-hydrogen) atoms. The third-order valence-corrected chi connectivity index (χ3v) is 3.90. The molecule has 0 aliphatic heterocycles. The van der Waals surface area contributed by atoms with E-state index in [2.05, 4.69) is 6.58 Å². The second-order valence-electron chi connectivity index (χ2n) is 5.45. The summed E-state index contributed by atoms with van der Waals surface area (Å²) in [4.78, 5) is 12.5. The van der Waals surface area contributed by atoms with Gasteiger partial charge in [0.2, 0.25) is 0 Å². The minimum atomic E-state index is -0.315. The number of carbonyl (C=O) groups excluding carboxylic acids is 1. The third kappa shape index (κ3) is 4.06. The molecule has 2 rings (SSSR count). The van der Waals surface area contributed by atoms with Gasteiger partial charge < -0.3 is 19.3 Å². The number of allylic oxidation sites excluding steroid dienone is 2. The topological polar surface area (TPSA) is 65.0 Å². The van der Waals surface area contributed by atoms with Crippen molar-refractivity contribution in [1.29, 1.82) is 0 Å². The lowest BCUT2D eigenvalue weighted by Gasteiger charge is -2.12. The summed E-state index contributed by atoms with van der Waals surface area (Å²) >= 11 is 0. The Bertz CT molecular complexity index is 837. The highest BCUT2D eigenvalue weighted by Gasteiger charge is 2.13. The van der Waals surface area contributed by atoms with Gasteiger partial charge in [-0.25, -0.2) is 0 Å². The fourth-order valence-electron chi connectivity index (χ4n) is 2.55. The molecule has 0 aliphatic rings. The Kier molecular flexibility index (Phi) is 6.44. The van der Waals surface area contributed by atoms with Gasteiger partial charge in [0.15, 0.2) is 17.3 Å². The maximum absolute atomic E-state index is 12.5. The molecule has 0 fully saturated rings. The number of hydrogen-bond donors (Lipinski definition) is 1. The lowest BCUT2D eigenvalue weighted by atomic mass is 10.0. The van der Waals surface area contributed by atoms with Gasteiger partial charge in [-0.3, -0.25) is 4.79 Å².